The lowest BCUT2D eigenvalue weighted by Crippen LogP contribution is -2.33. The van der Waals surface area contributed by atoms with Gasteiger partial charge in [0.1, 0.15) is 0 Å². The SMILES string of the molecule is CCCn1nc(C(=O)N(C)Cc2ccccc2N2CCCCC2)c2ccccc2c1=O. The van der Waals surface area contributed by atoms with Crippen molar-refractivity contribution < 1.29 is 4.79 Å². The van der Waals surface area contributed by atoms with E-state index in [1.54, 1.807) is 18.0 Å². The Bertz CT molecular complexity index is 1130. The van der Waals surface area contributed by atoms with Crippen LogP contribution in [0.25, 0.3) is 10.8 Å². The number of hydrogen-bond donors (Lipinski definition) is 0. The van der Waals surface area contributed by atoms with E-state index in [0.29, 0.717) is 29.6 Å². The Morgan fingerprint density at radius 2 is 1.68 bits per heavy atom. The van der Waals surface area contributed by atoms with Crippen molar-refractivity contribution >= 4 is 22.4 Å². The monoisotopic (exact) mass is 418 g/mol. The second kappa shape index (κ2) is 9.33. The summed E-state index contributed by atoms with van der Waals surface area (Å²) in [6.45, 7) is 5.10. The van der Waals surface area contributed by atoms with Crippen molar-refractivity contribution in [3.8, 4) is 0 Å². The normalized spacial score (nSPS) is 14.1. The first-order valence-electron chi connectivity index (χ1n) is 11.2. The Kier molecular flexibility index (Phi) is 6.35. The minimum atomic E-state index is -0.172. The van der Waals surface area contributed by atoms with Gasteiger partial charge in [0.05, 0.1) is 5.39 Å². The number of para-hydroxylation sites is 1. The third kappa shape index (κ3) is 4.33. The van der Waals surface area contributed by atoms with Crippen molar-refractivity contribution in [2.75, 3.05) is 25.0 Å². The van der Waals surface area contributed by atoms with Gasteiger partial charge in [-0.1, -0.05) is 43.3 Å². The number of aryl methyl sites for hydroxylation is 1. The number of piperidine rings is 1. The van der Waals surface area contributed by atoms with Crippen LogP contribution in [0.3, 0.4) is 0 Å². The quantitative estimate of drug-likeness (QED) is 0.606. The topological polar surface area (TPSA) is 58.4 Å². The maximum absolute atomic E-state index is 13.5. The number of anilines is 1. The first-order chi connectivity index (χ1) is 15.1. The number of benzene rings is 2. The molecule has 162 valence electrons. The molecular formula is C25H30N4O2. The fourth-order valence-corrected chi connectivity index (χ4v) is 4.35. The molecule has 0 N–H and O–H groups in total. The number of aromatic nitrogens is 2. The van der Waals surface area contributed by atoms with Gasteiger partial charge in [0.25, 0.3) is 11.5 Å². The smallest absolute Gasteiger partial charge is 0.274 e. The van der Waals surface area contributed by atoms with Crippen LogP contribution in [0, 0.1) is 0 Å². The molecule has 1 aromatic heterocycles. The van der Waals surface area contributed by atoms with Crippen LogP contribution in [0.15, 0.2) is 53.3 Å². The van der Waals surface area contributed by atoms with Crippen LogP contribution in [0.1, 0.15) is 48.7 Å². The molecule has 1 fully saturated rings. The van der Waals surface area contributed by atoms with Gasteiger partial charge in [0.2, 0.25) is 0 Å². The number of nitrogens with zero attached hydrogens (tertiary/aromatic N) is 4. The van der Waals surface area contributed by atoms with E-state index in [9.17, 15) is 9.59 Å². The Morgan fingerprint density at radius 3 is 2.42 bits per heavy atom. The third-order valence-corrected chi connectivity index (χ3v) is 5.95. The van der Waals surface area contributed by atoms with Crippen molar-refractivity contribution in [3.05, 3.63) is 70.1 Å². The number of amides is 1. The van der Waals surface area contributed by atoms with E-state index in [-0.39, 0.29) is 11.5 Å². The summed E-state index contributed by atoms with van der Waals surface area (Å²) in [5.41, 5.74) is 2.52. The molecule has 2 heterocycles. The first-order valence-corrected chi connectivity index (χ1v) is 11.2. The average molecular weight is 419 g/mol. The van der Waals surface area contributed by atoms with Gasteiger partial charge in [-0.3, -0.25) is 9.59 Å². The van der Waals surface area contributed by atoms with Crippen LogP contribution >= 0.6 is 0 Å². The summed E-state index contributed by atoms with van der Waals surface area (Å²) in [5, 5.41) is 5.62. The summed E-state index contributed by atoms with van der Waals surface area (Å²) in [5.74, 6) is -0.172. The second-order valence-electron chi connectivity index (χ2n) is 8.26. The van der Waals surface area contributed by atoms with E-state index in [1.165, 1.54) is 29.6 Å². The summed E-state index contributed by atoms with van der Waals surface area (Å²) in [7, 11) is 1.81. The molecule has 0 atom stereocenters. The molecule has 0 aliphatic carbocycles. The summed E-state index contributed by atoms with van der Waals surface area (Å²) in [6.07, 6.45) is 4.47. The van der Waals surface area contributed by atoms with E-state index in [0.717, 1.165) is 25.1 Å². The lowest BCUT2D eigenvalue weighted by Gasteiger charge is -2.31. The summed E-state index contributed by atoms with van der Waals surface area (Å²) in [4.78, 5) is 30.3. The van der Waals surface area contributed by atoms with Gasteiger partial charge in [-0.25, -0.2) is 4.68 Å². The zero-order valence-electron chi connectivity index (χ0n) is 18.4. The van der Waals surface area contributed by atoms with E-state index < -0.39 is 0 Å². The van der Waals surface area contributed by atoms with E-state index in [1.807, 2.05) is 31.2 Å². The fraction of sp³-hybridized carbons (Fsp3) is 0.400. The molecular weight excluding hydrogens is 388 g/mol. The zero-order valence-corrected chi connectivity index (χ0v) is 18.4. The van der Waals surface area contributed by atoms with Crippen molar-refractivity contribution in [3.63, 3.8) is 0 Å². The Labute approximate surface area is 183 Å². The number of rotatable bonds is 6. The first kappa shape index (κ1) is 21.1. The van der Waals surface area contributed by atoms with Gasteiger partial charge in [-0.15, -0.1) is 0 Å². The van der Waals surface area contributed by atoms with Crippen molar-refractivity contribution in [2.24, 2.45) is 0 Å². The molecule has 4 rings (SSSR count). The summed E-state index contributed by atoms with van der Waals surface area (Å²) in [6, 6.07) is 15.6. The average Bonchev–Trinajstić information content (AvgIpc) is 2.81. The van der Waals surface area contributed by atoms with Crippen molar-refractivity contribution in [1.29, 1.82) is 0 Å². The molecule has 1 aliphatic rings. The molecule has 3 aromatic rings. The minimum absolute atomic E-state index is 0.146. The van der Waals surface area contributed by atoms with Gasteiger partial charge in [0.15, 0.2) is 5.69 Å². The van der Waals surface area contributed by atoms with Crippen molar-refractivity contribution in [2.45, 2.75) is 45.7 Å². The maximum atomic E-state index is 13.5. The third-order valence-electron chi connectivity index (χ3n) is 5.95. The van der Waals surface area contributed by atoms with Crippen LogP contribution in [-0.4, -0.2) is 40.7 Å². The van der Waals surface area contributed by atoms with Gasteiger partial charge in [0, 0.05) is 44.3 Å². The highest BCUT2D eigenvalue weighted by atomic mass is 16.2. The standard InChI is InChI=1S/C25H30N4O2/c1-3-15-29-24(30)21-13-7-6-12-20(21)23(26-29)25(31)27(2)18-19-11-5-8-14-22(19)28-16-9-4-10-17-28/h5-8,11-14H,3-4,9-10,15-18H2,1-2H3. The molecule has 0 radical (unpaired) electrons. The minimum Gasteiger partial charge on any atom is -0.371 e. The molecule has 0 saturated carbocycles. The van der Waals surface area contributed by atoms with Crippen LogP contribution in [0.4, 0.5) is 5.69 Å². The number of fused-ring (bicyclic) bond motifs is 1. The fourth-order valence-electron chi connectivity index (χ4n) is 4.35. The highest BCUT2D eigenvalue weighted by molar-refractivity contribution is 6.04. The lowest BCUT2D eigenvalue weighted by molar-refractivity contribution is 0.0779. The largest absolute Gasteiger partial charge is 0.371 e. The van der Waals surface area contributed by atoms with E-state index in [2.05, 4.69) is 28.2 Å². The van der Waals surface area contributed by atoms with Crippen molar-refractivity contribution in [1.82, 2.24) is 14.7 Å². The predicted molar refractivity (Wildman–Crippen MR) is 125 cm³/mol. The highest BCUT2D eigenvalue weighted by Gasteiger charge is 2.22. The van der Waals surface area contributed by atoms with Crippen LogP contribution in [0.5, 0.6) is 0 Å². The second-order valence-corrected chi connectivity index (χ2v) is 8.26. The summed E-state index contributed by atoms with van der Waals surface area (Å²) < 4.78 is 1.42. The van der Waals surface area contributed by atoms with E-state index >= 15 is 0 Å². The molecule has 0 spiro atoms. The highest BCUT2D eigenvalue weighted by Crippen LogP contribution is 2.25. The van der Waals surface area contributed by atoms with E-state index in [4.69, 9.17) is 0 Å². The Balaban J connectivity index is 1.66. The molecule has 0 unspecified atom stereocenters. The van der Waals surface area contributed by atoms with Gasteiger partial charge in [-0.2, -0.15) is 5.10 Å². The zero-order chi connectivity index (χ0) is 21.8. The lowest BCUT2D eigenvalue weighted by atomic mass is 10.1. The number of carbonyl (C=O) groups is 1. The van der Waals surface area contributed by atoms with Crippen LogP contribution < -0.4 is 10.5 Å². The number of hydrogen-bond acceptors (Lipinski definition) is 4. The molecule has 6 nitrogen and oxygen atoms in total. The molecule has 1 aliphatic heterocycles. The Morgan fingerprint density at radius 1 is 1.00 bits per heavy atom. The molecule has 31 heavy (non-hydrogen) atoms. The maximum Gasteiger partial charge on any atom is 0.274 e. The molecule has 2 aromatic carbocycles. The van der Waals surface area contributed by atoms with Gasteiger partial charge < -0.3 is 9.80 Å². The van der Waals surface area contributed by atoms with Gasteiger partial charge in [-0.05, 0) is 43.4 Å². The predicted octanol–water partition coefficient (Wildman–Crippen LogP) is 4.07. The van der Waals surface area contributed by atoms with Crippen LogP contribution in [-0.2, 0) is 13.1 Å². The van der Waals surface area contributed by atoms with Crippen LogP contribution in [0.2, 0.25) is 0 Å². The molecule has 1 saturated heterocycles. The Hall–Kier alpha value is -3.15. The molecule has 6 heteroatoms. The number of carbonyl (C=O) groups excluding carboxylic acids is 1. The molecule has 1 amide bonds. The summed E-state index contributed by atoms with van der Waals surface area (Å²) >= 11 is 0. The van der Waals surface area contributed by atoms with Gasteiger partial charge >= 0.3 is 0 Å². The molecule has 0 bridgehead atoms.